The van der Waals surface area contributed by atoms with E-state index < -0.39 is 0 Å². The number of nitrogens with one attached hydrogen (secondary N) is 2. The minimum atomic E-state index is 0.706. The Morgan fingerprint density at radius 1 is 1.12 bits per heavy atom. The second kappa shape index (κ2) is 11.2. The van der Waals surface area contributed by atoms with Crippen LogP contribution in [-0.2, 0) is 19.4 Å². The van der Waals surface area contributed by atoms with Gasteiger partial charge in [0.15, 0.2) is 0 Å². The van der Waals surface area contributed by atoms with Gasteiger partial charge in [0, 0.05) is 25.5 Å². The molecule has 0 amide bonds. The van der Waals surface area contributed by atoms with Crippen LogP contribution in [0.1, 0.15) is 49.4 Å². The number of rotatable bonds is 12. The predicted molar refractivity (Wildman–Crippen MR) is 104 cm³/mol. The third kappa shape index (κ3) is 7.59. The summed E-state index contributed by atoms with van der Waals surface area (Å²) in [6, 6.07) is 9.03. The van der Waals surface area contributed by atoms with Crippen molar-refractivity contribution in [3.8, 4) is 0 Å². The summed E-state index contributed by atoms with van der Waals surface area (Å²) in [5, 5.41) is 14.6. The quantitative estimate of drug-likeness (QED) is 0.437. The van der Waals surface area contributed by atoms with E-state index in [2.05, 4.69) is 45.0 Å². The first-order valence-corrected chi connectivity index (χ1v) is 9.39. The second-order valence-electron chi connectivity index (χ2n) is 6.71. The molecule has 6 nitrogen and oxygen atoms in total. The number of nitrogens with zero attached hydrogens (tertiary/aromatic N) is 4. The van der Waals surface area contributed by atoms with Crippen LogP contribution in [0.5, 0.6) is 0 Å². The molecule has 0 aliphatic carbocycles. The van der Waals surface area contributed by atoms with Gasteiger partial charge in [0.2, 0.25) is 0 Å². The van der Waals surface area contributed by atoms with E-state index in [4.69, 9.17) is 5.53 Å². The van der Waals surface area contributed by atoms with Crippen LogP contribution in [0.2, 0.25) is 0 Å². The van der Waals surface area contributed by atoms with E-state index in [1.54, 1.807) is 6.20 Å². The molecule has 0 bridgehead atoms. The highest BCUT2D eigenvalue weighted by Crippen LogP contribution is 2.11. The lowest BCUT2D eigenvalue weighted by Gasteiger charge is -2.05. The van der Waals surface area contributed by atoms with Crippen LogP contribution in [-0.4, -0.2) is 21.5 Å². The molecule has 1 heterocycles. The van der Waals surface area contributed by atoms with Crippen LogP contribution in [0.15, 0.2) is 47.5 Å². The van der Waals surface area contributed by atoms with Gasteiger partial charge in [-0.2, -0.15) is 5.11 Å². The summed E-state index contributed by atoms with van der Waals surface area (Å²) in [7, 11) is 0. The Labute approximate surface area is 156 Å². The van der Waals surface area contributed by atoms with E-state index in [9.17, 15) is 0 Å². The highest BCUT2D eigenvalue weighted by molar-refractivity contribution is 5.22. The number of allylic oxidation sites excluding steroid dienone is 1. The van der Waals surface area contributed by atoms with Gasteiger partial charge in [-0.05, 0) is 63.5 Å². The fraction of sp³-hybridized carbons (Fsp3) is 0.500. The van der Waals surface area contributed by atoms with Crippen LogP contribution in [0.25, 0.3) is 0 Å². The van der Waals surface area contributed by atoms with Crippen molar-refractivity contribution in [2.24, 2.45) is 5.11 Å². The lowest BCUT2D eigenvalue weighted by Crippen LogP contribution is -2.07. The molecule has 0 fully saturated rings. The molecule has 0 saturated heterocycles. The van der Waals surface area contributed by atoms with Crippen LogP contribution in [0, 0.1) is 12.5 Å². The molecule has 2 aromatic rings. The Balaban J connectivity index is 1.58. The van der Waals surface area contributed by atoms with Crippen molar-refractivity contribution in [3.63, 3.8) is 0 Å². The molecule has 0 atom stereocenters. The molecule has 6 heteroatoms. The molecular weight excluding hydrogens is 324 g/mol. The summed E-state index contributed by atoms with van der Waals surface area (Å²) in [6.07, 6.45) is 10.6. The van der Waals surface area contributed by atoms with Crippen molar-refractivity contribution in [3.05, 3.63) is 59.2 Å². The number of hydrogen-bond acceptors (Lipinski definition) is 5. The van der Waals surface area contributed by atoms with Crippen molar-refractivity contribution in [2.45, 2.75) is 58.9 Å². The fourth-order valence-electron chi connectivity index (χ4n) is 2.79. The van der Waals surface area contributed by atoms with Gasteiger partial charge in [-0.1, -0.05) is 29.5 Å². The van der Waals surface area contributed by atoms with E-state index in [-0.39, 0.29) is 0 Å². The van der Waals surface area contributed by atoms with Gasteiger partial charge >= 0.3 is 0 Å². The van der Waals surface area contributed by atoms with E-state index in [1.165, 1.54) is 17.5 Å². The molecule has 0 radical (unpaired) electrons. The monoisotopic (exact) mass is 354 g/mol. The lowest BCUT2D eigenvalue weighted by atomic mass is 10.0. The van der Waals surface area contributed by atoms with Crippen LogP contribution < -0.4 is 5.32 Å². The Hall–Kier alpha value is -2.50. The fourth-order valence-corrected chi connectivity index (χ4v) is 2.79. The zero-order chi connectivity index (χ0) is 18.6. The van der Waals surface area contributed by atoms with Crippen LogP contribution in [0.4, 0.5) is 0 Å². The summed E-state index contributed by atoms with van der Waals surface area (Å²) in [5.41, 5.74) is 11.4. The van der Waals surface area contributed by atoms with Gasteiger partial charge in [0.05, 0.1) is 11.4 Å². The first-order valence-electron chi connectivity index (χ1n) is 9.39. The normalized spacial score (nSPS) is 11.5. The van der Waals surface area contributed by atoms with Gasteiger partial charge in [0.1, 0.15) is 0 Å². The van der Waals surface area contributed by atoms with E-state index in [0.29, 0.717) is 5.70 Å². The number of aryl methyl sites for hydroxylation is 4. The first-order chi connectivity index (χ1) is 12.7. The molecule has 0 aliphatic rings. The zero-order valence-electron chi connectivity index (χ0n) is 15.9. The van der Waals surface area contributed by atoms with Gasteiger partial charge < -0.3 is 5.32 Å². The molecular formula is C20H30N6. The molecule has 140 valence electrons. The van der Waals surface area contributed by atoms with Crippen molar-refractivity contribution < 1.29 is 0 Å². The highest BCUT2D eigenvalue weighted by Gasteiger charge is 1.99. The third-order valence-electron chi connectivity index (χ3n) is 4.30. The number of aromatic nitrogens is 3. The number of hydrogen-bond donors (Lipinski definition) is 2. The summed E-state index contributed by atoms with van der Waals surface area (Å²) in [4.78, 5) is 0. The zero-order valence-corrected chi connectivity index (χ0v) is 15.9. The van der Waals surface area contributed by atoms with E-state index >= 15 is 0 Å². The molecule has 1 aromatic heterocycles. The van der Waals surface area contributed by atoms with Crippen LogP contribution >= 0.6 is 0 Å². The van der Waals surface area contributed by atoms with Crippen molar-refractivity contribution in [1.29, 1.82) is 5.53 Å². The third-order valence-corrected chi connectivity index (χ3v) is 4.30. The second-order valence-corrected chi connectivity index (χ2v) is 6.71. The minimum absolute atomic E-state index is 0.706. The van der Waals surface area contributed by atoms with Gasteiger partial charge in [0.25, 0.3) is 0 Å². The molecule has 0 spiro atoms. The molecule has 26 heavy (non-hydrogen) atoms. The number of unbranched alkanes of at least 4 members (excludes halogenated alkanes) is 2. The lowest BCUT2D eigenvalue weighted by molar-refractivity contribution is 0.541. The topological polar surface area (TPSA) is 79.0 Å². The largest absolute Gasteiger partial charge is 0.389 e. The molecule has 0 saturated carbocycles. The minimum Gasteiger partial charge on any atom is -0.389 e. The maximum atomic E-state index is 6.86. The Bertz CT molecular complexity index is 687. The van der Waals surface area contributed by atoms with Crippen molar-refractivity contribution >= 4 is 0 Å². The average Bonchev–Trinajstić information content (AvgIpc) is 3.07. The Morgan fingerprint density at radius 2 is 1.77 bits per heavy atom. The Morgan fingerprint density at radius 3 is 2.35 bits per heavy atom. The van der Waals surface area contributed by atoms with E-state index in [1.807, 2.05) is 24.7 Å². The molecule has 0 unspecified atom stereocenters. The van der Waals surface area contributed by atoms with Crippen molar-refractivity contribution in [2.75, 3.05) is 6.54 Å². The average molecular weight is 355 g/mol. The molecule has 0 aliphatic heterocycles. The summed E-state index contributed by atoms with van der Waals surface area (Å²) in [6.45, 7) is 5.65. The van der Waals surface area contributed by atoms with Gasteiger partial charge in [-0.3, -0.25) is 4.68 Å². The van der Waals surface area contributed by atoms with Gasteiger partial charge in [-0.25, -0.2) is 5.53 Å². The number of benzene rings is 1. The maximum Gasteiger partial charge on any atom is 0.0796 e. The molecule has 1 aromatic carbocycles. The Kier molecular flexibility index (Phi) is 8.52. The maximum absolute atomic E-state index is 6.86. The standard InChI is InChI=1S/C20H30N6/c1-17(23-21)15-22-13-5-3-7-19-9-11-20(12-10-19)8-4-6-14-26-16-18(2)24-25-26/h9-12,15-16,21-22H,3-8,13-14H2,1-2H3/b17-15-,23-21?. The van der Waals surface area contributed by atoms with E-state index in [0.717, 1.165) is 50.9 Å². The van der Waals surface area contributed by atoms with Crippen LogP contribution in [0.3, 0.4) is 0 Å². The summed E-state index contributed by atoms with van der Waals surface area (Å²) >= 11 is 0. The summed E-state index contributed by atoms with van der Waals surface area (Å²) < 4.78 is 1.92. The molecule has 2 N–H and O–H groups in total. The predicted octanol–water partition coefficient (Wildman–Crippen LogP) is 4.41. The highest BCUT2D eigenvalue weighted by atomic mass is 15.4. The molecule has 2 rings (SSSR count). The smallest absolute Gasteiger partial charge is 0.0796 e. The summed E-state index contributed by atoms with van der Waals surface area (Å²) in [5.74, 6) is 0. The van der Waals surface area contributed by atoms with Crippen molar-refractivity contribution in [1.82, 2.24) is 20.3 Å². The first kappa shape index (κ1) is 19.8. The SMILES string of the molecule is C/C(=C/NCCCCc1ccc(CCCCn2cc(C)nn2)cc1)N=N. The van der Waals surface area contributed by atoms with Gasteiger partial charge in [-0.15, -0.1) is 5.10 Å².